The van der Waals surface area contributed by atoms with Crippen molar-refractivity contribution in [2.24, 2.45) is 11.8 Å². The molecule has 4 rings (SSSR count). The number of hydrogen-bond acceptors (Lipinski definition) is 5. The Morgan fingerprint density at radius 1 is 1.15 bits per heavy atom. The van der Waals surface area contributed by atoms with Gasteiger partial charge in [-0.2, -0.15) is 0 Å². The molecule has 1 N–H and O–H groups in total. The molecule has 2 fully saturated rings. The van der Waals surface area contributed by atoms with Crippen molar-refractivity contribution in [2.45, 2.75) is 25.7 Å². The minimum atomic E-state index is -0.809. The van der Waals surface area contributed by atoms with Gasteiger partial charge in [0.25, 0.3) is 11.8 Å². The van der Waals surface area contributed by atoms with Crippen LogP contribution in [-0.4, -0.2) is 60.6 Å². The number of imide groups is 1. The first-order valence-corrected chi connectivity index (χ1v) is 9.61. The molecule has 7 heteroatoms. The van der Waals surface area contributed by atoms with E-state index in [0.717, 1.165) is 19.3 Å². The third-order valence-corrected chi connectivity index (χ3v) is 5.87. The number of aliphatic carboxylic acids is 1. The Labute approximate surface area is 157 Å². The number of rotatable bonds is 4. The predicted octanol–water partition coefficient (Wildman–Crippen LogP) is 2.01. The molecule has 1 aromatic rings. The largest absolute Gasteiger partial charge is 0.481 e. The summed E-state index contributed by atoms with van der Waals surface area (Å²) in [7, 11) is 0. The molecule has 0 bridgehead atoms. The number of hydrogen-bond donors (Lipinski definition) is 1. The quantitative estimate of drug-likeness (QED) is 0.814. The second kappa shape index (κ2) is 7.31. The number of benzene rings is 1. The van der Waals surface area contributed by atoms with Crippen molar-refractivity contribution in [3.63, 3.8) is 0 Å². The molecule has 7 nitrogen and oxygen atoms in total. The van der Waals surface area contributed by atoms with Gasteiger partial charge in [0.05, 0.1) is 22.7 Å². The van der Waals surface area contributed by atoms with Crippen LogP contribution >= 0.6 is 0 Å². The molecular formula is C20H24N2O5. The van der Waals surface area contributed by atoms with Crippen molar-refractivity contribution < 1.29 is 24.2 Å². The second-order valence-corrected chi connectivity index (χ2v) is 7.60. The van der Waals surface area contributed by atoms with Crippen LogP contribution in [0.1, 0.15) is 46.4 Å². The highest BCUT2D eigenvalue weighted by Gasteiger charge is 2.40. The molecular weight excluding hydrogens is 348 g/mol. The molecule has 0 aromatic heterocycles. The van der Waals surface area contributed by atoms with Gasteiger partial charge in [-0.1, -0.05) is 6.07 Å². The van der Waals surface area contributed by atoms with Crippen LogP contribution in [0, 0.1) is 11.8 Å². The van der Waals surface area contributed by atoms with Crippen LogP contribution in [0.5, 0.6) is 0 Å². The number of amides is 2. The number of nitrogens with zero attached hydrogens (tertiary/aromatic N) is 2. The molecule has 144 valence electrons. The summed E-state index contributed by atoms with van der Waals surface area (Å²) in [6.45, 7) is 2.83. The maximum absolute atomic E-state index is 13.1. The Morgan fingerprint density at radius 3 is 2.67 bits per heavy atom. The lowest BCUT2D eigenvalue weighted by Gasteiger charge is -2.33. The molecule has 2 amide bonds. The molecule has 0 saturated carbocycles. The first-order chi connectivity index (χ1) is 13.1. The van der Waals surface area contributed by atoms with Crippen LogP contribution in [0.4, 0.5) is 5.69 Å². The van der Waals surface area contributed by atoms with E-state index in [0.29, 0.717) is 56.1 Å². The number of anilines is 1. The Kier molecular flexibility index (Phi) is 4.86. The van der Waals surface area contributed by atoms with Gasteiger partial charge < -0.3 is 14.7 Å². The Bertz CT molecular complexity index is 772. The van der Waals surface area contributed by atoms with Crippen molar-refractivity contribution in [3.8, 4) is 0 Å². The molecule has 0 spiro atoms. The minimum Gasteiger partial charge on any atom is -0.481 e. The fraction of sp³-hybridized carbons (Fsp3) is 0.550. The monoisotopic (exact) mass is 372 g/mol. The van der Waals surface area contributed by atoms with E-state index in [1.807, 2.05) is 11.0 Å². The Hall–Kier alpha value is -2.41. The number of carboxylic acids is 1. The number of ether oxygens (including phenoxy) is 1. The fourth-order valence-electron chi connectivity index (χ4n) is 4.33. The van der Waals surface area contributed by atoms with Crippen LogP contribution in [0.15, 0.2) is 18.2 Å². The van der Waals surface area contributed by atoms with Gasteiger partial charge in [-0.05, 0) is 43.7 Å². The zero-order chi connectivity index (χ0) is 19.0. The van der Waals surface area contributed by atoms with Gasteiger partial charge in [-0.15, -0.1) is 0 Å². The number of carboxylic acid groups (broad SMARTS) is 1. The average molecular weight is 372 g/mol. The lowest BCUT2D eigenvalue weighted by Crippen LogP contribution is -2.40. The fourth-order valence-corrected chi connectivity index (χ4v) is 4.33. The first-order valence-electron chi connectivity index (χ1n) is 9.61. The van der Waals surface area contributed by atoms with Gasteiger partial charge in [0.15, 0.2) is 0 Å². The standard InChI is InChI=1S/C20H24N2O5/c23-18-15-4-1-5-16(21-8-2-3-14(12-21)20(25)26)17(15)19(24)22(18)11-13-6-9-27-10-7-13/h1,4-5,13-14H,2-3,6-12H2,(H,25,26). The maximum atomic E-state index is 13.1. The molecule has 1 atom stereocenters. The molecule has 3 aliphatic rings. The summed E-state index contributed by atoms with van der Waals surface area (Å²) in [4.78, 5) is 40.6. The van der Waals surface area contributed by atoms with Crippen LogP contribution in [0.3, 0.4) is 0 Å². The summed E-state index contributed by atoms with van der Waals surface area (Å²) < 4.78 is 5.36. The Morgan fingerprint density at radius 2 is 1.93 bits per heavy atom. The molecule has 0 aliphatic carbocycles. The molecule has 1 aromatic carbocycles. The van der Waals surface area contributed by atoms with Gasteiger partial charge in [-0.3, -0.25) is 19.3 Å². The zero-order valence-electron chi connectivity index (χ0n) is 15.2. The van der Waals surface area contributed by atoms with E-state index >= 15 is 0 Å². The molecule has 1 unspecified atom stereocenters. The van der Waals surface area contributed by atoms with Crippen LogP contribution < -0.4 is 4.90 Å². The molecule has 2 saturated heterocycles. The number of piperidine rings is 1. The van der Waals surface area contributed by atoms with Gasteiger partial charge in [0, 0.05) is 32.8 Å². The normalized spacial score (nSPS) is 23.6. The molecule has 3 heterocycles. The van der Waals surface area contributed by atoms with E-state index in [1.54, 1.807) is 12.1 Å². The molecule has 27 heavy (non-hydrogen) atoms. The maximum Gasteiger partial charge on any atom is 0.308 e. The van der Waals surface area contributed by atoms with Crippen molar-refractivity contribution in [1.29, 1.82) is 0 Å². The van der Waals surface area contributed by atoms with Crippen LogP contribution in [0.25, 0.3) is 0 Å². The highest BCUT2D eigenvalue weighted by atomic mass is 16.5. The van der Waals surface area contributed by atoms with Gasteiger partial charge in [-0.25, -0.2) is 0 Å². The third kappa shape index (κ3) is 3.32. The smallest absolute Gasteiger partial charge is 0.308 e. The topological polar surface area (TPSA) is 87.2 Å². The van der Waals surface area contributed by atoms with Gasteiger partial charge in [0.2, 0.25) is 0 Å². The molecule has 0 radical (unpaired) electrons. The first kappa shape index (κ1) is 18.0. The highest BCUT2D eigenvalue weighted by Crippen LogP contribution is 2.35. The average Bonchev–Trinajstić information content (AvgIpc) is 2.94. The van der Waals surface area contributed by atoms with Gasteiger partial charge in [0.1, 0.15) is 0 Å². The number of fused-ring (bicyclic) bond motifs is 1. The third-order valence-electron chi connectivity index (χ3n) is 5.87. The summed E-state index contributed by atoms with van der Waals surface area (Å²) in [5, 5.41) is 9.35. The van der Waals surface area contributed by atoms with Crippen molar-refractivity contribution in [2.75, 3.05) is 37.7 Å². The number of carbonyl (C=O) groups excluding carboxylic acids is 2. The highest BCUT2D eigenvalue weighted by molar-refractivity contribution is 6.23. The van der Waals surface area contributed by atoms with E-state index in [4.69, 9.17) is 4.74 Å². The summed E-state index contributed by atoms with van der Waals surface area (Å²) in [5.74, 6) is -1.48. The summed E-state index contributed by atoms with van der Waals surface area (Å²) in [6, 6.07) is 5.30. The number of carbonyl (C=O) groups is 3. The van der Waals surface area contributed by atoms with E-state index in [2.05, 4.69) is 0 Å². The second-order valence-electron chi connectivity index (χ2n) is 7.60. The summed E-state index contributed by atoms with van der Waals surface area (Å²) in [6.07, 6.45) is 3.11. The SMILES string of the molecule is O=C(O)C1CCCN(c2cccc3c2C(=O)N(CC2CCOCC2)C3=O)C1. The lowest BCUT2D eigenvalue weighted by molar-refractivity contribution is -0.141. The van der Waals surface area contributed by atoms with E-state index in [1.165, 1.54) is 4.90 Å². The zero-order valence-corrected chi connectivity index (χ0v) is 15.2. The Balaban J connectivity index is 1.59. The summed E-state index contributed by atoms with van der Waals surface area (Å²) in [5.41, 5.74) is 1.55. The van der Waals surface area contributed by atoms with Crippen LogP contribution in [-0.2, 0) is 9.53 Å². The van der Waals surface area contributed by atoms with E-state index < -0.39 is 11.9 Å². The molecule has 3 aliphatic heterocycles. The van der Waals surface area contributed by atoms with E-state index in [9.17, 15) is 19.5 Å². The van der Waals surface area contributed by atoms with Crippen molar-refractivity contribution in [3.05, 3.63) is 29.3 Å². The van der Waals surface area contributed by atoms with Crippen molar-refractivity contribution in [1.82, 2.24) is 4.90 Å². The van der Waals surface area contributed by atoms with E-state index in [-0.39, 0.29) is 17.7 Å². The van der Waals surface area contributed by atoms with Crippen molar-refractivity contribution >= 4 is 23.5 Å². The van der Waals surface area contributed by atoms with Crippen LogP contribution in [0.2, 0.25) is 0 Å². The minimum absolute atomic E-state index is 0.241. The summed E-state index contributed by atoms with van der Waals surface area (Å²) >= 11 is 0. The van der Waals surface area contributed by atoms with Gasteiger partial charge >= 0.3 is 5.97 Å². The lowest BCUT2D eigenvalue weighted by atomic mass is 9.96. The predicted molar refractivity (Wildman–Crippen MR) is 97.9 cm³/mol.